The summed E-state index contributed by atoms with van der Waals surface area (Å²) in [7, 11) is 0. The Hall–Kier alpha value is -2.86. The summed E-state index contributed by atoms with van der Waals surface area (Å²) in [5.41, 5.74) is 3.25. The van der Waals surface area contributed by atoms with Crippen LogP contribution in [0.5, 0.6) is 0 Å². The first-order valence-electron chi connectivity index (χ1n) is 10.9. The number of aromatic amines is 1. The van der Waals surface area contributed by atoms with E-state index >= 15 is 0 Å². The molecule has 0 bridgehead atoms. The summed E-state index contributed by atoms with van der Waals surface area (Å²) in [6, 6.07) is 14.4. The molecule has 1 aromatic carbocycles. The molecule has 2 aromatic heterocycles. The third kappa shape index (κ3) is 3.56. The largest absolute Gasteiger partial charge is 0.357 e. The maximum absolute atomic E-state index is 13.3. The molecule has 2 aliphatic rings. The lowest BCUT2D eigenvalue weighted by molar-refractivity contribution is 0.0695. The molecule has 2 saturated heterocycles. The molecule has 0 spiro atoms. The van der Waals surface area contributed by atoms with Crippen LogP contribution in [0.2, 0.25) is 0 Å². The number of H-pyrrole nitrogens is 1. The summed E-state index contributed by atoms with van der Waals surface area (Å²) < 4.78 is 2.00. The van der Waals surface area contributed by atoms with E-state index < -0.39 is 0 Å². The number of benzene rings is 1. The third-order valence-corrected chi connectivity index (χ3v) is 6.76. The van der Waals surface area contributed by atoms with E-state index in [0.717, 1.165) is 39.1 Å². The van der Waals surface area contributed by atoms with Gasteiger partial charge in [0.05, 0.1) is 6.04 Å². The van der Waals surface area contributed by atoms with Gasteiger partial charge in [-0.2, -0.15) is 5.10 Å². The molecular weight excluding hydrogens is 374 g/mol. The van der Waals surface area contributed by atoms with E-state index in [-0.39, 0.29) is 11.9 Å². The summed E-state index contributed by atoms with van der Waals surface area (Å²) in [6.07, 6.45) is 6.79. The number of nitrogens with zero attached hydrogens (tertiary/aromatic N) is 4. The Bertz CT molecular complexity index is 981. The minimum Gasteiger partial charge on any atom is -0.357 e. The molecule has 30 heavy (non-hydrogen) atoms. The maximum atomic E-state index is 13.3. The number of likely N-dealkylation sites (tertiary alicyclic amines) is 2. The van der Waals surface area contributed by atoms with Gasteiger partial charge in [0.1, 0.15) is 5.69 Å². The number of carbonyl (C=O) groups is 1. The third-order valence-electron chi connectivity index (χ3n) is 6.76. The smallest absolute Gasteiger partial charge is 0.270 e. The van der Waals surface area contributed by atoms with Gasteiger partial charge in [-0.3, -0.25) is 9.48 Å². The Morgan fingerprint density at radius 1 is 1.10 bits per heavy atom. The topological polar surface area (TPSA) is 57.2 Å². The van der Waals surface area contributed by atoms with Crippen LogP contribution in [0.4, 0.5) is 0 Å². The molecule has 6 nitrogen and oxygen atoms in total. The second kappa shape index (κ2) is 8.11. The summed E-state index contributed by atoms with van der Waals surface area (Å²) in [5, 5.41) is 4.30. The fraction of sp³-hybridized carbons (Fsp3) is 0.417. The van der Waals surface area contributed by atoms with Gasteiger partial charge in [0, 0.05) is 50.7 Å². The van der Waals surface area contributed by atoms with Crippen molar-refractivity contribution in [2.24, 2.45) is 11.8 Å². The van der Waals surface area contributed by atoms with Crippen LogP contribution in [0, 0.1) is 18.8 Å². The van der Waals surface area contributed by atoms with Crippen LogP contribution in [0.3, 0.4) is 0 Å². The Morgan fingerprint density at radius 2 is 2.00 bits per heavy atom. The van der Waals surface area contributed by atoms with Crippen LogP contribution in [-0.2, 0) is 6.54 Å². The SMILES string of the molecule is Cc1ccccc1[C@H]1[C@H]2CN(CCCn3cccn3)C[C@H]2CN1C(=O)c1ccc[nH]1. The summed E-state index contributed by atoms with van der Waals surface area (Å²) >= 11 is 0. The van der Waals surface area contributed by atoms with Gasteiger partial charge in [0.2, 0.25) is 0 Å². The molecule has 0 aliphatic carbocycles. The number of aryl methyl sites for hydroxylation is 2. The first-order chi connectivity index (χ1) is 14.7. The average molecular weight is 404 g/mol. The van der Waals surface area contributed by atoms with Gasteiger partial charge < -0.3 is 14.8 Å². The lowest BCUT2D eigenvalue weighted by atomic mass is 9.87. The van der Waals surface area contributed by atoms with Crippen molar-refractivity contribution in [3.05, 3.63) is 77.9 Å². The number of aromatic nitrogens is 3. The molecule has 0 unspecified atom stereocenters. The van der Waals surface area contributed by atoms with Gasteiger partial charge >= 0.3 is 0 Å². The van der Waals surface area contributed by atoms with Gasteiger partial charge in [0.15, 0.2) is 0 Å². The number of rotatable bonds is 6. The summed E-state index contributed by atoms with van der Waals surface area (Å²) in [6.45, 7) is 7.15. The van der Waals surface area contributed by atoms with Gasteiger partial charge in [-0.15, -0.1) is 0 Å². The van der Waals surface area contributed by atoms with E-state index in [4.69, 9.17) is 0 Å². The highest BCUT2D eigenvalue weighted by atomic mass is 16.2. The van der Waals surface area contributed by atoms with Crippen molar-refractivity contribution in [3.63, 3.8) is 0 Å². The van der Waals surface area contributed by atoms with Crippen molar-refractivity contribution in [1.29, 1.82) is 0 Å². The van der Waals surface area contributed by atoms with Crippen molar-refractivity contribution in [2.45, 2.75) is 25.9 Å². The van der Waals surface area contributed by atoms with E-state index in [1.807, 2.05) is 41.5 Å². The Labute approximate surface area is 177 Å². The minimum absolute atomic E-state index is 0.118. The molecule has 2 fully saturated rings. The van der Waals surface area contributed by atoms with Gasteiger partial charge in [0.25, 0.3) is 5.91 Å². The molecule has 3 aromatic rings. The van der Waals surface area contributed by atoms with Crippen LogP contribution in [-0.4, -0.2) is 56.7 Å². The van der Waals surface area contributed by atoms with E-state index in [1.165, 1.54) is 11.1 Å². The first kappa shape index (κ1) is 19.1. The molecule has 156 valence electrons. The van der Waals surface area contributed by atoms with Crippen LogP contribution in [0.25, 0.3) is 0 Å². The highest BCUT2D eigenvalue weighted by Gasteiger charge is 2.49. The normalized spacial score (nSPS) is 23.8. The van der Waals surface area contributed by atoms with Gasteiger partial charge in [-0.25, -0.2) is 0 Å². The zero-order valence-corrected chi connectivity index (χ0v) is 17.4. The second-order valence-electron chi connectivity index (χ2n) is 8.65. The molecule has 6 heteroatoms. The first-order valence-corrected chi connectivity index (χ1v) is 10.9. The lowest BCUT2D eigenvalue weighted by Crippen LogP contribution is -2.36. The standard InChI is InChI=1S/C24H29N5O/c1-18-7-2-3-8-20(18)23-21-17-27(12-6-14-28-13-5-11-26-28)15-19(21)16-29(23)24(30)22-9-4-10-25-22/h2-5,7-11,13,19,21,23,25H,6,12,14-17H2,1H3/t19-,21-,23-/m0/s1. The van der Waals surface area contributed by atoms with Crippen molar-refractivity contribution in [1.82, 2.24) is 24.6 Å². The molecule has 2 aliphatic heterocycles. The molecule has 0 radical (unpaired) electrons. The van der Waals surface area contributed by atoms with Crippen LogP contribution >= 0.6 is 0 Å². The Balaban J connectivity index is 1.33. The second-order valence-corrected chi connectivity index (χ2v) is 8.65. The predicted molar refractivity (Wildman–Crippen MR) is 116 cm³/mol. The molecule has 4 heterocycles. The van der Waals surface area contributed by atoms with E-state index in [9.17, 15) is 4.79 Å². The molecule has 1 N–H and O–H groups in total. The monoisotopic (exact) mass is 403 g/mol. The van der Waals surface area contributed by atoms with Crippen molar-refractivity contribution in [3.8, 4) is 0 Å². The Kier molecular flexibility index (Phi) is 5.17. The molecule has 1 amide bonds. The summed E-state index contributed by atoms with van der Waals surface area (Å²) in [4.78, 5) is 21.1. The number of hydrogen-bond donors (Lipinski definition) is 1. The van der Waals surface area contributed by atoms with Gasteiger partial charge in [-0.05, 0) is 55.1 Å². The quantitative estimate of drug-likeness (QED) is 0.687. The molecule has 3 atom stereocenters. The average Bonchev–Trinajstić information content (AvgIpc) is 3.53. The number of hydrogen-bond acceptors (Lipinski definition) is 3. The highest BCUT2D eigenvalue weighted by Crippen LogP contribution is 2.46. The molecule has 5 rings (SSSR count). The predicted octanol–water partition coefficient (Wildman–Crippen LogP) is 3.36. The van der Waals surface area contributed by atoms with Crippen LogP contribution < -0.4 is 0 Å². The minimum atomic E-state index is 0.118. The van der Waals surface area contributed by atoms with Crippen molar-refractivity contribution >= 4 is 5.91 Å². The summed E-state index contributed by atoms with van der Waals surface area (Å²) in [5.74, 6) is 1.13. The molecular formula is C24H29N5O. The number of nitrogens with one attached hydrogen (secondary N) is 1. The fourth-order valence-corrected chi connectivity index (χ4v) is 5.35. The Morgan fingerprint density at radius 3 is 2.77 bits per heavy atom. The molecule has 0 saturated carbocycles. The lowest BCUT2D eigenvalue weighted by Gasteiger charge is -2.30. The zero-order valence-electron chi connectivity index (χ0n) is 17.4. The van der Waals surface area contributed by atoms with E-state index in [0.29, 0.717) is 17.5 Å². The fourth-order valence-electron chi connectivity index (χ4n) is 5.35. The van der Waals surface area contributed by atoms with Crippen LogP contribution in [0.1, 0.15) is 34.1 Å². The van der Waals surface area contributed by atoms with E-state index in [2.05, 4.69) is 51.1 Å². The highest BCUT2D eigenvalue weighted by molar-refractivity contribution is 5.93. The maximum Gasteiger partial charge on any atom is 0.270 e. The van der Waals surface area contributed by atoms with Crippen molar-refractivity contribution < 1.29 is 4.79 Å². The zero-order chi connectivity index (χ0) is 20.5. The van der Waals surface area contributed by atoms with E-state index in [1.54, 1.807) is 0 Å². The van der Waals surface area contributed by atoms with Gasteiger partial charge in [-0.1, -0.05) is 24.3 Å². The van der Waals surface area contributed by atoms with Crippen LogP contribution in [0.15, 0.2) is 61.1 Å². The number of amides is 1. The number of fused-ring (bicyclic) bond motifs is 1. The number of carbonyl (C=O) groups excluding carboxylic acids is 1. The van der Waals surface area contributed by atoms with Crippen molar-refractivity contribution in [2.75, 3.05) is 26.2 Å².